The average Bonchev–Trinajstić information content (AvgIpc) is 2.95. The van der Waals surface area contributed by atoms with Crippen molar-refractivity contribution >= 4 is 15.7 Å². The highest BCUT2D eigenvalue weighted by Crippen LogP contribution is 2.27. The quantitative estimate of drug-likeness (QED) is 0.847. The maximum atomic E-state index is 12.2. The van der Waals surface area contributed by atoms with E-state index in [-0.39, 0.29) is 36.9 Å². The minimum Gasteiger partial charge on any atom is -0.356 e. The normalized spacial score (nSPS) is 20.2. The first kappa shape index (κ1) is 16.5. The highest BCUT2D eigenvalue weighted by Gasteiger charge is 2.38. The van der Waals surface area contributed by atoms with Crippen molar-refractivity contribution in [2.24, 2.45) is 5.92 Å². The average molecular weight is 339 g/mol. The number of carbonyl (C=O) groups excluding carboxylic acids is 1. The zero-order valence-corrected chi connectivity index (χ0v) is 11.9. The highest BCUT2D eigenvalue weighted by atomic mass is 32.2. The summed E-state index contributed by atoms with van der Waals surface area (Å²) in [6.45, 7) is 0.0266. The Balaban J connectivity index is 1.74. The zero-order chi connectivity index (χ0) is 16.4. The molecule has 122 valence electrons. The van der Waals surface area contributed by atoms with Gasteiger partial charge in [0, 0.05) is 30.7 Å². The van der Waals surface area contributed by atoms with Crippen molar-refractivity contribution in [3.8, 4) is 0 Å². The third kappa shape index (κ3) is 4.55. The van der Waals surface area contributed by atoms with Gasteiger partial charge in [0.05, 0.1) is 5.75 Å². The van der Waals surface area contributed by atoms with Crippen molar-refractivity contribution in [3.63, 3.8) is 0 Å². The summed E-state index contributed by atoms with van der Waals surface area (Å²) >= 11 is 0. The van der Waals surface area contributed by atoms with Crippen molar-refractivity contribution < 1.29 is 30.9 Å². The second-order valence-corrected chi connectivity index (χ2v) is 6.67. The lowest BCUT2D eigenvalue weighted by Gasteiger charge is -2.07. The van der Waals surface area contributed by atoms with E-state index in [1.165, 1.54) is 6.08 Å². The van der Waals surface area contributed by atoms with Crippen LogP contribution in [0.3, 0.4) is 0 Å². The fourth-order valence-electron chi connectivity index (χ4n) is 1.86. The van der Waals surface area contributed by atoms with Crippen molar-refractivity contribution in [1.29, 1.82) is 0 Å². The number of rotatable bonds is 5. The van der Waals surface area contributed by atoms with E-state index in [9.17, 15) is 26.4 Å². The largest absolute Gasteiger partial charge is 0.471 e. The lowest BCUT2D eigenvalue weighted by Crippen LogP contribution is -2.28. The van der Waals surface area contributed by atoms with Gasteiger partial charge in [-0.3, -0.25) is 4.79 Å². The van der Waals surface area contributed by atoms with Crippen LogP contribution in [0.1, 0.15) is 18.1 Å². The molecule has 2 heterocycles. The van der Waals surface area contributed by atoms with Crippen molar-refractivity contribution in [1.82, 2.24) is 15.5 Å². The molecule has 1 aliphatic rings. The highest BCUT2D eigenvalue weighted by molar-refractivity contribution is 7.94. The molecule has 2 rings (SSSR count). The molecule has 0 fully saturated rings. The van der Waals surface area contributed by atoms with Crippen molar-refractivity contribution in [2.45, 2.75) is 19.0 Å². The van der Waals surface area contributed by atoms with E-state index in [0.29, 0.717) is 0 Å². The lowest BCUT2D eigenvalue weighted by atomic mass is 10.1. The Morgan fingerprint density at radius 2 is 2.18 bits per heavy atom. The van der Waals surface area contributed by atoms with E-state index in [0.717, 1.165) is 5.41 Å². The van der Waals surface area contributed by atoms with Gasteiger partial charge < -0.3 is 9.84 Å². The molecule has 0 saturated carbocycles. The predicted molar refractivity (Wildman–Crippen MR) is 67.0 cm³/mol. The number of carbonyl (C=O) groups is 1. The Labute approximate surface area is 123 Å². The summed E-state index contributed by atoms with van der Waals surface area (Å²) in [4.78, 5) is 14.7. The molecule has 1 aromatic rings. The number of halogens is 3. The molecule has 7 nitrogen and oxygen atoms in total. The first-order chi connectivity index (χ1) is 10.2. The predicted octanol–water partition coefficient (Wildman–Crippen LogP) is 0.695. The molecule has 0 aliphatic carbocycles. The number of allylic oxidation sites excluding steroid dienone is 1. The van der Waals surface area contributed by atoms with Crippen LogP contribution in [0.15, 0.2) is 16.0 Å². The number of sulfone groups is 1. The van der Waals surface area contributed by atoms with Crippen LogP contribution in [0.2, 0.25) is 0 Å². The molecule has 1 aliphatic heterocycles. The monoisotopic (exact) mass is 339 g/mol. The summed E-state index contributed by atoms with van der Waals surface area (Å²) in [5, 5.41) is 6.69. The van der Waals surface area contributed by atoms with E-state index in [4.69, 9.17) is 0 Å². The van der Waals surface area contributed by atoms with Gasteiger partial charge in [-0.1, -0.05) is 11.2 Å². The van der Waals surface area contributed by atoms with E-state index >= 15 is 0 Å². The maximum absolute atomic E-state index is 12.2. The molecule has 0 aromatic carbocycles. The Morgan fingerprint density at radius 3 is 2.73 bits per heavy atom. The molecular formula is C11H12F3N3O4S. The molecular weight excluding hydrogens is 327 g/mol. The van der Waals surface area contributed by atoms with E-state index in [2.05, 4.69) is 20.0 Å². The van der Waals surface area contributed by atoms with Crippen LogP contribution in [0.5, 0.6) is 0 Å². The molecule has 0 radical (unpaired) electrons. The smallest absolute Gasteiger partial charge is 0.356 e. The third-order valence-corrected chi connectivity index (χ3v) is 4.30. The number of hydrogen-bond donors (Lipinski definition) is 1. The number of amides is 1. The topological polar surface area (TPSA) is 102 Å². The Bertz CT molecular complexity index is 681. The minimum absolute atomic E-state index is 0.00419. The van der Waals surface area contributed by atoms with E-state index in [1.807, 2.05) is 0 Å². The summed E-state index contributed by atoms with van der Waals surface area (Å²) in [5.74, 6) is -2.50. The number of hydrogen-bond acceptors (Lipinski definition) is 6. The second-order valence-electron chi connectivity index (χ2n) is 4.74. The van der Waals surface area contributed by atoms with Crippen LogP contribution in [0.25, 0.3) is 0 Å². The summed E-state index contributed by atoms with van der Waals surface area (Å²) in [6, 6.07) is 0. The van der Waals surface area contributed by atoms with Crippen molar-refractivity contribution in [3.05, 3.63) is 23.2 Å². The van der Waals surface area contributed by atoms with Gasteiger partial charge in [-0.2, -0.15) is 18.2 Å². The van der Waals surface area contributed by atoms with Crippen LogP contribution in [-0.2, 0) is 27.2 Å². The molecule has 1 atom stereocenters. The molecule has 11 heteroatoms. The molecule has 0 bridgehead atoms. The van der Waals surface area contributed by atoms with E-state index in [1.54, 1.807) is 0 Å². The van der Waals surface area contributed by atoms with Gasteiger partial charge in [0.2, 0.25) is 5.91 Å². The fourth-order valence-corrected chi connectivity index (χ4v) is 3.26. The van der Waals surface area contributed by atoms with Gasteiger partial charge in [0.1, 0.15) is 0 Å². The number of nitrogens with zero attached hydrogens (tertiary/aromatic N) is 2. The lowest BCUT2D eigenvalue weighted by molar-refractivity contribution is -0.159. The van der Waals surface area contributed by atoms with Gasteiger partial charge in [-0.15, -0.1) is 0 Å². The van der Waals surface area contributed by atoms with Gasteiger partial charge in [-0.25, -0.2) is 8.42 Å². The van der Waals surface area contributed by atoms with Crippen LogP contribution < -0.4 is 5.32 Å². The molecule has 1 amide bonds. The molecule has 1 N–H and O–H groups in total. The SMILES string of the molecule is O=C(C[C@@H]1C=CS(=O)(=O)C1)NCCc1noc(C(F)(F)F)n1. The van der Waals surface area contributed by atoms with Crippen molar-refractivity contribution in [2.75, 3.05) is 12.3 Å². The number of nitrogens with one attached hydrogen (secondary N) is 1. The first-order valence-corrected chi connectivity index (χ1v) is 7.95. The van der Waals surface area contributed by atoms with Gasteiger partial charge in [-0.05, 0) is 0 Å². The van der Waals surface area contributed by atoms with Crippen LogP contribution >= 0.6 is 0 Å². The number of alkyl halides is 3. The summed E-state index contributed by atoms with van der Waals surface area (Å²) in [6.07, 6.45) is -3.28. The summed E-state index contributed by atoms with van der Waals surface area (Å²) in [7, 11) is -3.22. The minimum atomic E-state index is -4.70. The number of aromatic nitrogens is 2. The summed E-state index contributed by atoms with van der Waals surface area (Å²) in [5.41, 5.74) is 0. The standard InChI is InChI=1S/C11H12F3N3O4S/c12-11(13,14)10-16-8(17-21-10)1-3-15-9(18)5-7-2-4-22(19,20)6-7/h2,4,7H,1,3,5-6H2,(H,15,18)/t7-/m0/s1. The Hall–Kier alpha value is -1.91. The van der Waals surface area contributed by atoms with E-state index < -0.39 is 27.8 Å². The molecule has 22 heavy (non-hydrogen) atoms. The fraction of sp³-hybridized carbons (Fsp3) is 0.545. The summed E-state index contributed by atoms with van der Waals surface area (Å²) < 4.78 is 63.0. The Kier molecular flexibility index (Phi) is 4.54. The second kappa shape index (κ2) is 6.07. The molecule has 0 saturated heterocycles. The molecule has 1 aromatic heterocycles. The molecule has 0 spiro atoms. The van der Waals surface area contributed by atoms with Gasteiger partial charge >= 0.3 is 12.1 Å². The van der Waals surface area contributed by atoms with Crippen LogP contribution in [0, 0.1) is 5.92 Å². The Morgan fingerprint density at radius 1 is 1.45 bits per heavy atom. The zero-order valence-electron chi connectivity index (χ0n) is 11.1. The van der Waals surface area contributed by atoms with Gasteiger partial charge in [0.25, 0.3) is 0 Å². The van der Waals surface area contributed by atoms with Crippen LogP contribution in [0.4, 0.5) is 13.2 Å². The third-order valence-electron chi connectivity index (χ3n) is 2.83. The molecule has 0 unspecified atom stereocenters. The van der Waals surface area contributed by atoms with Crippen LogP contribution in [-0.4, -0.2) is 36.8 Å². The van der Waals surface area contributed by atoms with Gasteiger partial charge in [0.15, 0.2) is 15.7 Å². The maximum Gasteiger partial charge on any atom is 0.471 e. The first-order valence-electron chi connectivity index (χ1n) is 6.23.